The van der Waals surface area contributed by atoms with Crippen molar-refractivity contribution in [3.63, 3.8) is 0 Å². The molecule has 0 atom stereocenters. The van der Waals surface area contributed by atoms with Crippen LogP contribution in [0.4, 0.5) is 5.69 Å². The fourth-order valence-corrected chi connectivity index (χ4v) is 1.96. The monoisotopic (exact) mass is 292 g/mol. The minimum absolute atomic E-state index is 0.0201. The predicted molar refractivity (Wildman–Crippen MR) is 76.2 cm³/mol. The van der Waals surface area contributed by atoms with Crippen LogP contribution in [-0.2, 0) is 18.0 Å². The quantitative estimate of drug-likeness (QED) is 0.503. The Morgan fingerprint density at radius 3 is 2.60 bits per heavy atom. The number of nitro groups is 1. The van der Waals surface area contributed by atoms with Gasteiger partial charge in [-0.1, -0.05) is 48.0 Å². The van der Waals surface area contributed by atoms with E-state index in [9.17, 15) is 10.1 Å². The van der Waals surface area contributed by atoms with E-state index in [-0.39, 0.29) is 12.2 Å². The molecule has 0 saturated carbocycles. The van der Waals surface area contributed by atoms with Gasteiger partial charge in [-0.25, -0.2) is 0 Å². The highest BCUT2D eigenvalue weighted by Crippen LogP contribution is 2.25. The summed E-state index contributed by atoms with van der Waals surface area (Å²) in [6, 6.07) is 14.2. The van der Waals surface area contributed by atoms with E-state index >= 15 is 0 Å². The lowest BCUT2D eigenvalue weighted by Crippen LogP contribution is -2.15. The standard InChI is InChI=1S/C14H13ClN2O3/c15-13-7-4-8-14(17(18)19)12(13)9-16-20-10-11-5-2-1-3-6-11/h1-8,16H,9-10H2. The highest BCUT2D eigenvalue weighted by Gasteiger charge is 2.15. The minimum Gasteiger partial charge on any atom is -0.297 e. The second-order valence-electron chi connectivity index (χ2n) is 4.09. The van der Waals surface area contributed by atoms with Crippen LogP contribution in [0.5, 0.6) is 0 Å². The molecule has 0 bridgehead atoms. The van der Waals surface area contributed by atoms with Crippen molar-refractivity contribution in [1.29, 1.82) is 0 Å². The van der Waals surface area contributed by atoms with Crippen LogP contribution in [0.15, 0.2) is 48.5 Å². The Morgan fingerprint density at radius 1 is 1.15 bits per heavy atom. The molecule has 2 aromatic rings. The van der Waals surface area contributed by atoms with Gasteiger partial charge in [0.15, 0.2) is 0 Å². The first-order chi connectivity index (χ1) is 9.68. The molecule has 0 aliphatic heterocycles. The molecule has 0 saturated heterocycles. The van der Waals surface area contributed by atoms with Crippen molar-refractivity contribution >= 4 is 17.3 Å². The molecule has 0 heterocycles. The van der Waals surface area contributed by atoms with Crippen LogP contribution in [-0.4, -0.2) is 4.92 Å². The molecule has 2 rings (SSSR count). The summed E-state index contributed by atoms with van der Waals surface area (Å²) in [5.41, 5.74) is 4.09. The lowest BCUT2D eigenvalue weighted by molar-refractivity contribution is -0.385. The number of nitrogens with zero attached hydrogens (tertiary/aromatic N) is 1. The van der Waals surface area contributed by atoms with E-state index in [1.165, 1.54) is 6.07 Å². The van der Waals surface area contributed by atoms with E-state index in [2.05, 4.69) is 5.48 Å². The third-order valence-electron chi connectivity index (χ3n) is 2.72. The summed E-state index contributed by atoms with van der Waals surface area (Å²) >= 11 is 5.97. The van der Waals surface area contributed by atoms with E-state index in [0.29, 0.717) is 17.2 Å². The Bertz CT molecular complexity index is 590. The number of benzene rings is 2. The maximum atomic E-state index is 10.9. The lowest BCUT2D eigenvalue weighted by atomic mass is 10.2. The van der Waals surface area contributed by atoms with Crippen LogP contribution in [0.25, 0.3) is 0 Å². The number of nitro benzene ring substituents is 1. The third-order valence-corrected chi connectivity index (χ3v) is 3.08. The molecule has 0 aliphatic carbocycles. The van der Waals surface area contributed by atoms with E-state index in [4.69, 9.17) is 16.4 Å². The first-order valence-electron chi connectivity index (χ1n) is 5.99. The maximum absolute atomic E-state index is 10.9. The van der Waals surface area contributed by atoms with Crippen LogP contribution >= 0.6 is 11.6 Å². The summed E-state index contributed by atoms with van der Waals surface area (Å²) in [6.45, 7) is 0.544. The lowest BCUT2D eigenvalue weighted by Gasteiger charge is -2.08. The number of rotatable bonds is 6. The summed E-state index contributed by atoms with van der Waals surface area (Å²) in [7, 11) is 0. The molecule has 1 N–H and O–H groups in total. The van der Waals surface area contributed by atoms with E-state index in [1.807, 2.05) is 30.3 Å². The van der Waals surface area contributed by atoms with E-state index in [1.54, 1.807) is 12.1 Å². The molecule has 0 fully saturated rings. The van der Waals surface area contributed by atoms with Gasteiger partial charge in [0.25, 0.3) is 5.69 Å². The summed E-state index contributed by atoms with van der Waals surface area (Å²) in [4.78, 5) is 15.7. The Kier molecular flexibility index (Phi) is 5.06. The topological polar surface area (TPSA) is 64.4 Å². The zero-order valence-electron chi connectivity index (χ0n) is 10.6. The van der Waals surface area contributed by atoms with Crippen LogP contribution in [0.2, 0.25) is 5.02 Å². The van der Waals surface area contributed by atoms with E-state index in [0.717, 1.165) is 5.56 Å². The smallest absolute Gasteiger partial charge is 0.275 e. The zero-order chi connectivity index (χ0) is 14.4. The van der Waals surface area contributed by atoms with Crippen molar-refractivity contribution in [3.8, 4) is 0 Å². The Hall–Kier alpha value is -1.95. The van der Waals surface area contributed by atoms with Gasteiger partial charge in [-0.3, -0.25) is 15.0 Å². The molecule has 5 nitrogen and oxygen atoms in total. The van der Waals surface area contributed by atoms with Crippen molar-refractivity contribution in [2.45, 2.75) is 13.2 Å². The fourth-order valence-electron chi connectivity index (χ4n) is 1.73. The minimum atomic E-state index is -0.458. The molecule has 0 aromatic heterocycles. The van der Waals surface area contributed by atoms with E-state index < -0.39 is 4.92 Å². The predicted octanol–water partition coefficient (Wildman–Crippen LogP) is 3.47. The highest BCUT2D eigenvalue weighted by molar-refractivity contribution is 6.31. The highest BCUT2D eigenvalue weighted by atomic mass is 35.5. The van der Waals surface area contributed by atoms with Gasteiger partial charge >= 0.3 is 0 Å². The average Bonchev–Trinajstić information content (AvgIpc) is 2.45. The second-order valence-corrected chi connectivity index (χ2v) is 4.50. The number of halogens is 1. The molecule has 0 spiro atoms. The van der Waals surface area contributed by atoms with Gasteiger partial charge in [0.05, 0.1) is 28.7 Å². The molecule has 0 amide bonds. The first-order valence-corrected chi connectivity index (χ1v) is 6.36. The Balaban J connectivity index is 1.93. The second kappa shape index (κ2) is 7.00. The van der Waals surface area contributed by atoms with Crippen LogP contribution in [0.1, 0.15) is 11.1 Å². The first kappa shape index (κ1) is 14.5. The van der Waals surface area contributed by atoms with Gasteiger partial charge in [-0.15, -0.1) is 0 Å². The molecule has 0 unspecified atom stereocenters. The number of hydrogen-bond donors (Lipinski definition) is 1. The molecule has 6 heteroatoms. The molecule has 2 aromatic carbocycles. The Morgan fingerprint density at radius 2 is 1.90 bits per heavy atom. The molecular formula is C14H13ClN2O3. The average molecular weight is 293 g/mol. The third kappa shape index (κ3) is 3.77. The van der Waals surface area contributed by atoms with Crippen molar-refractivity contribution < 1.29 is 9.76 Å². The van der Waals surface area contributed by atoms with Gasteiger partial charge in [0, 0.05) is 6.07 Å². The molecule has 0 radical (unpaired) electrons. The van der Waals surface area contributed by atoms with Crippen LogP contribution in [0.3, 0.4) is 0 Å². The number of hydroxylamine groups is 1. The van der Waals surface area contributed by atoms with Gasteiger partial charge < -0.3 is 0 Å². The maximum Gasteiger partial charge on any atom is 0.275 e. The fraction of sp³-hybridized carbons (Fsp3) is 0.143. The number of hydrogen-bond acceptors (Lipinski definition) is 4. The zero-order valence-corrected chi connectivity index (χ0v) is 11.3. The molecule has 20 heavy (non-hydrogen) atoms. The molecule has 0 aliphatic rings. The van der Waals surface area contributed by atoms with Crippen molar-refractivity contribution in [1.82, 2.24) is 5.48 Å². The summed E-state index contributed by atoms with van der Waals surface area (Å²) < 4.78 is 0. The normalized spacial score (nSPS) is 10.4. The molecule has 104 valence electrons. The van der Waals surface area contributed by atoms with Gasteiger partial charge in [0.2, 0.25) is 0 Å². The van der Waals surface area contributed by atoms with Crippen molar-refractivity contribution in [2.75, 3.05) is 0 Å². The van der Waals surface area contributed by atoms with Crippen molar-refractivity contribution in [3.05, 3.63) is 74.8 Å². The SMILES string of the molecule is O=[N+]([O-])c1cccc(Cl)c1CNOCc1ccccc1. The van der Waals surface area contributed by atoms with Crippen molar-refractivity contribution in [2.24, 2.45) is 0 Å². The van der Waals surface area contributed by atoms with Gasteiger partial charge in [-0.05, 0) is 11.6 Å². The van der Waals surface area contributed by atoms with Gasteiger partial charge in [0.1, 0.15) is 0 Å². The molecular weight excluding hydrogens is 280 g/mol. The van der Waals surface area contributed by atoms with Gasteiger partial charge in [-0.2, -0.15) is 5.48 Å². The largest absolute Gasteiger partial charge is 0.297 e. The van der Waals surface area contributed by atoms with Crippen LogP contribution in [0, 0.1) is 10.1 Å². The number of nitrogens with one attached hydrogen (secondary N) is 1. The summed E-state index contributed by atoms with van der Waals surface area (Å²) in [5, 5.41) is 11.2. The summed E-state index contributed by atoms with van der Waals surface area (Å²) in [6.07, 6.45) is 0. The van der Waals surface area contributed by atoms with Crippen LogP contribution < -0.4 is 5.48 Å². The Labute approximate surface area is 121 Å². The summed E-state index contributed by atoms with van der Waals surface area (Å²) in [5.74, 6) is 0.